The van der Waals surface area contributed by atoms with Gasteiger partial charge in [-0.3, -0.25) is 4.98 Å². The molecule has 72 valence electrons. The van der Waals surface area contributed by atoms with E-state index >= 15 is 0 Å². The van der Waals surface area contributed by atoms with E-state index in [2.05, 4.69) is 11.9 Å². The predicted molar refractivity (Wildman–Crippen MR) is 52.0 cm³/mol. The number of nitrogens with zero attached hydrogens (tertiary/aromatic N) is 1. The summed E-state index contributed by atoms with van der Waals surface area (Å²) in [5, 5.41) is 8.87. The Hall–Kier alpha value is -0.930. The molecule has 1 aromatic rings. The van der Waals surface area contributed by atoms with Gasteiger partial charge in [0, 0.05) is 6.04 Å². The first-order valence-corrected chi connectivity index (χ1v) is 4.60. The van der Waals surface area contributed by atoms with Crippen LogP contribution < -0.4 is 5.73 Å². The number of hydrogen-bond donors (Lipinski definition) is 2. The zero-order valence-corrected chi connectivity index (χ0v) is 7.90. The Kier molecular flexibility index (Phi) is 3.86. The van der Waals surface area contributed by atoms with Gasteiger partial charge in [0.15, 0.2) is 0 Å². The normalized spacial score (nSPS) is 12.8. The summed E-state index contributed by atoms with van der Waals surface area (Å²) in [6.45, 7) is 2.07. The third-order valence-electron chi connectivity index (χ3n) is 1.97. The van der Waals surface area contributed by atoms with Gasteiger partial charge in [-0.05, 0) is 18.6 Å². The summed E-state index contributed by atoms with van der Waals surface area (Å²) in [6, 6.07) is 5.57. The van der Waals surface area contributed by atoms with Gasteiger partial charge in [0.1, 0.15) is 0 Å². The summed E-state index contributed by atoms with van der Waals surface area (Å²) in [6.07, 6.45) is 1.98. The Bertz CT molecular complexity index is 263. The Labute approximate surface area is 78.6 Å². The number of rotatable bonds is 4. The zero-order valence-electron chi connectivity index (χ0n) is 7.90. The SMILES string of the molecule is CCC[C@@H](N)c1cccc(CO)n1. The molecule has 3 nitrogen and oxygen atoms in total. The van der Waals surface area contributed by atoms with E-state index < -0.39 is 0 Å². The highest BCUT2D eigenvalue weighted by Gasteiger charge is 2.05. The van der Waals surface area contributed by atoms with Crippen LogP contribution in [0.4, 0.5) is 0 Å². The Morgan fingerprint density at radius 1 is 1.54 bits per heavy atom. The van der Waals surface area contributed by atoms with Crippen molar-refractivity contribution in [1.82, 2.24) is 4.98 Å². The fourth-order valence-corrected chi connectivity index (χ4v) is 1.25. The number of hydrogen-bond acceptors (Lipinski definition) is 3. The molecule has 0 saturated heterocycles. The molecule has 1 aromatic heterocycles. The first kappa shape index (κ1) is 10.2. The molecule has 0 aliphatic carbocycles. The molecule has 0 saturated carbocycles. The number of aliphatic hydroxyl groups excluding tert-OH is 1. The van der Waals surface area contributed by atoms with E-state index in [1.165, 1.54) is 0 Å². The van der Waals surface area contributed by atoms with Gasteiger partial charge in [0.05, 0.1) is 18.0 Å². The van der Waals surface area contributed by atoms with E-state index in [4.69, 9.17) is 10.8 Å². The number of pyridine rings is 1. The molecule has 0 aliphatic rings. The molecule has 13 heavy (non-hydrogen) atoms. The quantitative estimate of drug-likeness (QED) is 0.735. The highest BCUT2D eigenvalue weighted by molar-refractivity contribution is 5.13. The lowest BCUT2D eigenvalue weighted by Gasteiger charge is -2.09. The molecular weight excluding hydrogens is 164 g/mol. The first-order chi connectivity index (χ1) is 6.27. The van der Waals surface area contributed by atoms with Gasteiger partial charge in [-0.25, -0.2) is 0 Å². The molecule has 0 radical (unpaired) electrons. The van der Waals surface area contributed by atoms with Gasteiger partial charge in [-0.1, -0.05) is 19.4 Å². The standard InChI is InChI=1S/C10H16N2O/c1-2-4-9(11)10-6-3-5-8(7-13)12-10/h3,5-6,9,13H,2,4,7,11H2,1H3/t9-/m1/s1. The van der Waals surface area contributed by atoms with Crippen molar-refractivity contribution in [3.63, 3.8) is 0 Å². The minimum absolute atomic E-state index is 0.00324. The van der Waals surface area contributed by atoms with Crippen LogP contribution in [0.2, 0.25) is 0 Å². The van der Waals surface area contributed by atoms with E-state index in [9.17, 15) is 0 Å². The van der Waals surface area contributed by atoms with Gasteiger partial charge < -0.3 is 10.8 Å². The lowest BCUT2D eigenvalue weighted by Crippen LogP contribution is -2.12. The monoisotopic (exact) mass is 180 g/mol. The second-order valence-corrected chi connectivity index (χ2v) is 3.11. The van der Waals surface area contributed by atoms with Crippen molar-refractivity contribution in [2.75, 3.05) is 0 Å². The third-order valence-corrected chi connectivity index (χ3v) is 1.97. The summed E-state index contributed by atoms with van der Waals surface area (Å²) in [7, 11) is 0. The molecule has 1 atom stereocenters. The number of aliphatic hydroxyl groups is 1. The highest BCUT2D eigenvalue weighted by Crippen LogP contribution is 2.13. The molecule has 0 fully saturated rings. The Morgan fingerprint density at radius 3 is 2.92 bits per heavy atom. The van der Waals surface area contributed by atoms with Gasteiger partial charge in [-0.2, -0.15) is 0 Å². The summed E-state index contributed by atoms with van der Waals surface area (Å²) < 4.78 is 0. The van der Waals surface area contributed by atoms with Crippen molar-refractivity contribution < 1.29 is 5.11 Å². The molecule has 1 heterocycles. The van der Waals surface area contributed by atoms with Crippen LogP contribution in [0.25, 0.3) is 0 Å². The fraction of sp³-hybridized carbons (Fsp3) is 0.500. The van der Waals surface area contributed by atoms with Crippen molar-refractivity contribution in [2.24, 2.45) is 5.73 Å². The van der Waals surface area contributed by atoms with Gasteiger partial charge in [0.2, 0.25) is 0 Å². The molecule has 3 heteroatoms. The molecule has 0 aliphatic heterocycles. The van der Waals surface area contributed by atoms with Crippen LogP contribution in [0.1, 0.15) is 37.2 Å². The lowest BCUT2D eigenvalue weighted by atomic mass is 10.1. The van der Waals surface area contributed by atoms with Crippen LogP contribution in [0, 0.1) is 0 Å². The van der Waals surface area contributed by atoms with Crippen LogP contribution in [-0.4, -0.2) is 10.1 Å². The molecule has 0 bridgehead atoms. The van der Waals surface area contributed by atoms with E-state index in [1.807, 2.05) is 12.1 Å². The topological polar surface area (TPSA) is 59.1 Å². The molecule has 0 unspecified atom stereocenters. The van der Waals surface area contributed by atoms with Gasteiger partial charge >= 0.3 is 0 Å². The minimum atomic E-state index is -0.0211. The summed E-state index contributed by atoms with van der Waals surface area (Å²) in [5.74, 6) is 0. The second-order valence-electron chi connectivity index (χ2n) is 3.11. The fourth-order valence-electron chi connectivity index (χ4n) is 1.25. The molecule has 3 N–H and O–H groups in total. The maximum Gasteiger partial charge on any atom is 0.0853 e. The molecular formula is C10H16N2O. The van der Waals surface area contributed by atoms with Gasteiger partial charge in [0.25, 0.3) is 0 Å². The molecule has 0 amide bonds. The van der Waals surface area contributed by atoms with Crippen LogP contribution in [0.5, 0.6) is 0 Å². The summed E-state index contributed by atoms with van der Waals surface area (Å²) >= 11 is 0. The number of nitrogens with two attached hydrogens (primary N) is 1. The van der Waals surface area contributed by atoms with Crippen molar-refractivity contribution >= 4 is 0 Å². The van der Waals surface area contributed by atoms with E-state index in [0.717, 1.165) is 18.5 Å². The maximum absolute atomic E-state index is 8.87. The average molecular weight is 180 g/mol. The zero-order chi connectivity index (χ0) is 9.68. The van der Waals surface area contributed by atoms with Crippen molar-refractivity contribution in [1.29, 1.82) is 0 Å². The summed E-state index contributed by atoms with van der Waals surface area (Å²) in [4.78, 5) is 4.23. The third kappa shape index (κ3) is 2.79. The first-order valence-electron chi connectivity index (χ1n) is 4.60. The van der Waals surface area contributed by atoms with Crippen LogP contribution >= 0.6 is 0 Å². The lowest BCUT2D eigenvalue weighted by molar-refractivity contribution is 0.276. The largest absolute Gasteiger partial charge is 0.390 e. The summed E-state index contributed by atoms with van der Waals surface area (Å²) in [5.41, 5.74) is 7.44. The van der Waals surface area contributed by atoms with E-state index in [0.29, 0.717) is 5.69 Å². The highest BCUT2D eigenvalue weighted by atomic mass is 16.3. The van der Waals surface area contributed by atoms with Crippen molar-refractivity contribution in [2.45, 2.75) is 32.4 Å². The maximum atomic E-state index is 8.87. The number of aromatic nitrogens is 1. The molecule has 1 rings (SSSR count). The van der Waals surface area contributed by atoms with Gasteiger partial charge in [-0.15, -0.1) is 0 Å². The van der Waals surface area contributed by atoms with Crippen LogP contribution in [-0.2, 0) is 6.61 Å². The Morgan fingerprint density at radius 2 is 2.31 bits per heavy atom. The van der Waals surface area contributed by atoms with Crippen LogP contribution in [0.3, 0.4) is 0 Å². The van der Waals surface area contributed by atoms with E-state index in [1.54, 1.807) is 6.07 Å². The predicted octanol–water partition coefficient (Wildman–Crippen LogP) is 1.37. The smallest absolute Gasteiger partial charge is 0.0853 e. The minimum Gasteiger partial charge on any atom is -0.390 e. The molecule has 0 spiro atoms. The van der Waals surface area contributed by atoms with Crippen molar-refractivity contribution in [3.05, 3.63) is 29.6 Å². The van der Waals surface area contributed by atoms with E-state index in [-0.39, 0.29) is 12.6 Å². The average Bonchev–Trinajstić information content (AvgIpc) is 2.18. The second kappa shape index (κ2) is 4.94. The Balaban J connectivity index is 2.75. The molecule has 0 aromatic carbocycles. The van der Waals surface area contributed by atoms with Crippen LogP contribution in [0.15, 0.2) is 18.2 Å². The van der Waals surface area contributed by atoms with Crippen molar-refractivity contribution in [3.8, 4) is 0 Å².